The van der Waals surface area contributed by atoms with Crippen LogP contribution in [0.4, 0.5) is 0 Å². The number of aliphatic imine (C=N–C) groups is 1. The number of benzene rings is 1. The van der Waals surface area contributed by atoms with Crippen LogP contribution in [-0.4, -0.2) is 36.6 Å². The molecule has 0 fully saturated rings. The van der Waals surface area contributed by atoms with E-state index in [1.165, 1.54) is 11.3 Å². The van der Waals surface area contributed by atoms with Gasteiger partial charge in [-0.05, 0) is 26.0 Å². The molecule has 0 amide bonds. The second-order valence-corrected chi connectivity index (χ2v) is 7.50. The number of carbonyl (C=O) groups is 1. The fourth-order valence-electron chi connectivity index (χ4n) is 2.76. The van der Waals surface area contributed by atoms with Gasteiger partial charge in [0.15, 0.2) is 10.8 Å². The molecule has 2 aromatic rings. The van der Waals surface area contributed by atoms with E-state index in [2.05, 4.69) is 10.3 Å². The number of nitrogens with one attached hydrogen (secondary N) is 1. The van der Waals surface area contributed by atoms with E-state index in [0.717, 1.165) is 0 Å². The molecule has 3 rings (SSSR count). The maximum absolute atomic E-state index is 12.8. The zero-order valence-electron chi connectivity index (χ0n) is 15.4. The van der Waals surface area contributed by atoms with Gasteiger partial charge in [0.1, 0.15) is 6.04 Å². The van der Waals surface area contributed by atoms with Gasteiger partial charge in [-0.15, -0.1) is 11.3 Å². The van der Waals surface area contributed by atoms with Crippen LogP contribution in [0.3, 0.4) is 0 Å². The molecule has 1 aliphatic heterocycles. The summed E-state index contributed by atoms with van der Waals surface area (Å²) in [6.07, 6.45) is 1.70. The van der Waals surface area contributed by atoms with Gasteiger partial charge in [-0.3, -0.25) is 4.99 Å². The summed E-state index contributed by atoms with van der Waals surface area (Å²) in [6.45, 7) is 4.59. The fourth-order valence-corrected chi connectivity index (χ4v) is 3.86. The standard InChI is InChI=1S/C19H19Cl2N3O3S/c1-3-26-10-14-15(19(25)27-4-2)16(12-6-5-11(20)9-13(12)21)24-17(23-14)18-22-7-8-28-18/h5-9,16H,3-4,10H2,1-2H3,(H,23,24). The first-order valence-corrected chi connectivity index (χ1v) is 10.4. The molecule has 0 bridgehead atoms. The molecule has 1 aromatic heterocycles. The minimum atomic E-state index is -0.667. The fraction of sp³-hybridized carbons (Fsp3) is 0.316. The molecule has 1 N–H and O–H groups in total. The van der Waals surface area contributed by atoms with Gasteiger partial charge in [-0.25, -0.2) is 9.78 Å². The summed E-state index contributed by atoms with van der Waals surface area (Å²) >= 11 is 13.9. The first kappa shape index (κ1) is 20.8. The third-order valence-electron chi connectivity index (χ3n) is 3.96. The second-order valence-electron chi connectivity index (χ2n) is 5.76. The smallest absolute Gasteiger partial charge is 0.338 e. The van der Waals surface area contributed by atoms with E-state index in [9.17, 15) is 4.79 Å². The van der Waals surface area contributed by atoms with Crippen molar-refractivity contribution in [2.75, 3.05) is 19.8 Å². The van der Waals surface area contributed by atoms with E-state index < -0.39 is 12.0 Å². The maximum atomic E-state index is 12.8. The molecule has 6 nitrogen and oxygen atoms in total. The Hall–Kier alpha value is -1.93. The Balaban J connectivity index is 2.14. The summed E-state index contributed by atoms with van der Waals surface area (Å²) in [6, 6.07) is 4.44. The van der Waals surface area contributed by atoms with Crippen LogP contribution in [0.5, 0.6) is 0 Å². The highest BCUT2D eigenvalue weighted by Gasteiger charge is 2.34. The van der Waals surface area contributed by atoms with Gasteiger partial charge in [0.25, 0.3) is 0 Å². The molecule has 2 heterocycles. The molecular formula is C19H19Cl2N3O3S. The normalized spacial score (nSPS) is 16.6. The lowest BCUT2D eigenvalue weighted by molar-refractivity contribution is -0.139. The Kier molecular flexibility index (Phi) is 7.07. The summed E-state index contributed by atoms with van der Waals surface area (Å²) in [5, 5.41) is 6.67. The number of carbonyl (C=O) groups excluding carboxylic acids is 1. The number of rotatable bonds is 7. The Morgan fingerprint density at radius 1 is 1.29 bits per heavy atom. The summed E-state index contributed by atoms with van der Waals surface area (Å²) in [5.74, 6) is 0.0800. The van der Waals surface area contributed by atoms with Gasteiger partial charge < -0.3 is 14.8 Å². The lowest BCUT2D eigenvalue weighted by atomic mass is 9.95. The van der Waals surface area contributed by atoms with Gasteiger partial charge in [-0.1, -0.05) is 29.3 Å². The van der Waals surface area contributed by atoms with Crippen molar-refractivity contribution in [2.24, 2.45) is 4.99 Å². The number of aromatic nitrogens is 1. The van der Waals surface area contributed by atoms with Crippen LogP contribution >= 0.6 is 34.5 Å². The van der Waals surface area contributed by atoms with Crippen molar-refractivity contribution in [3.05, 3.63) is 61.7 Å². The van der Waals surface area contributed by atoms with Gasteiger partial charge >= 0.3 is 5.97 Å². The topological polar surface area (TPSA) is 72.8 Å². The molecule has 0 spiro atoms. The highest BCUT2D eigenvalue weighted by molar-refractivity contribution is 7.11. The molecule has 0 aliphatic carbocycles. The van der Waals surface area contributed by atoms with Crippen molar-refractivity contribution in [2.45, 2.75) is 19.9 Å². The van der Waals surface area contributed by atoms with Crippen LogP contribution < -0.4 is 5.32 Å². The Morgan fingerprint density at radius 3 is 2.75 bits per heavy atom. The van der Waals surface area contributed by atoms with Crippen molar-refractivity contribution in [1.82, 2.24) is 10.3 Å². The molecule has 1 unspecified atom stereocenters. The monoisotopic (exact) mass is 439 g/mol. The number of amidine groups is 1. The number of thiazole rings is 1. The lowest BCUT2D eigenvalue weighted by Crippen LogP contribution is -2.35. The Bertz CT molecular complexity index is 913. The van der Waals surface area contributed by atoms with Crippen LogP contribution in [0.25, 0.3) is 0 Å². The zero-order chi connectivity index (χ0) is 20.1. The van der Waals surface area contributed by atoms with Crippen molar-refractivity contribution in [3.63, 3.8) is 0 Å². The highest BCUT2D eigenvalue weighted by Crippen LogP contribution is 2.37. The van der Waals surface area contributed by atoms with Gasteiger partial charge in [0.05, 0.1) is 24.5 Å². The average Bonchev–Trinajstić information content (AvgIpc) is 3.20. The van der Waals surface area contributed by atoms with Crippen molar-refractivity contribution in [3.8, 4) is 0 Å². The van der Waals surface area contributed by atoms with Crippen molar-refractivity contribution in [1.29, 1.82) is 0 Å². The van der Waals surface area contributed by atoms with Crippen molar-refractivity contribution < 1.29 is 14.3 Å². The SMILES string of the molecule is CCOCC1=C(C(=O)OCC)C(c2ccc(Cl)cc2Cl)N=C(c2nccs2)N1. The van der Waals surface area contributed by atoms with E-state index in [4.69, 9.17) is 37.7 Å². The van der Waals surface area contributed by atoms with Crippen LogP contribution in [0.1, 0.15) is 30.5 Å². The minimum Gasteiger partial charge on any atom is -0.463 e. The Labute approximate surface area is 177 Å². The summed E-state index contributed by atoms with van der Waals surface area (Å²) in [5.41, 5.74) is 1.59. The summed E-state index contributed by atoms with van der Waals surface area (Å²) in [7, 11) is 0. The molecule has 9 heteroatoms. The number of nitrogens with zero attached hydrogens (tertiary/aromatic N) is 2. The first-order valence-electron chi connectivity index (χ1n) is 8.72. The number of hydrogen-bond donors (Lipinski definition) is 1. The Morgan fingerprint density at radius 2 is 2.11 bits per heavy atom. The van der Waals surface area contributed by atoms with E-state index >= 15 is 0 Å². The molecule has 0 saturated carbocycles. The van der Waals surface area contributed by atoms with E-state index in [-0.39, 0.29) is 13.2 Å². The zero-order valence-corrected chi connectivity index (χ0v) is 17.7. The molecular weight excluding hydrogens is 421 g/mol. The molecule has 1 aromatic carbocycles. The van der Waals surface area contributed by atoms with E-state index in [0.29, 0.717) is 44.3 Å². The number of ether oxygens (including phenoxy) is 2. The van der Waals surface area contributed by atoms with Crippen LogP contribution in [-0.2, 0) is 14.3 Å². The predicted octanol–water partition coefficient (Wildman–Crippen LogP) is 4.39. The maximum Gasteiger partial charge on any atom is 0.338 e. The van der Waals surface area contributed by atoms with Crippen LogP contribution in [0.15, 0.2) is 46.0 Å². The third-order valence-corrected chi connectivity index (χ3v) is 5.31. The number of hydrogen-bond acceptors (Lipinski definition) is 7. The van der Waals surface area contributed by atoms with Gasteiger partial charge in [0, 0.05) is 33.8 Å². The quantitative estimate of drug-likeness (QED) is 0.647. The first-order chi connectivity index (χ1) is 13.5. The summed E-state index contributed by atoms with van der Waals surface area (Å²) in [4.78, 5) is 21.9. The van der Waals surface area contributed by atoms with Gasteiger partial charge in [0.2, 0.25) is 0 Å². The molecule has 28 heavy (non-hydrogen) atoms. The van der Waals surface area contributed by atoms with Gasteiger partial charge in [-0.2, -0.15) is 0 Å². The van der Waals surface area contributed by atoms with Crippen LogP contribution in [0, 0.1) is 0 Å². The lowest BCUT2D eigenvalue weighted by Gasteiger charge is -2.27. The molecule has 1 aliphatic rings. The average molecular weight is 440 g/mol. The molecule has 0 saturated heterocycles. The number of esters is 1. The third kappa shape index (κ3) is 4.55. The molecule has 148 valence electrons. The largest absolute Gasteiger partial charge is 0.463 e. The van der Waals surface area contributed by atoms with E-state index in [1.807, 2.05) is 12.3 Å². The predicted molar refractivity (Wildman–Crippen MR) is 111 cm³/mol. The highest BCUT2D eigenvalue weighted by atomic mass is 35.5. The summed E-state index contributed by atoms with van der Waals surface area (Å²) < 4.78 is 10.9. The van der Waals surface area contributed by atoms with Crippen LogP contribution in [0.2, 0.25) is 10.0 Å². The minimum absolute atomic E-state index is 0.205. The second kappa shape index (κ2) is 9.52. The van der Waals surface area contributed by atoms with E-state index in [1.54, 1.807) is 31.3 Å². The molecule has 1 atom stereocenters. The molecule has 0 radical (unpaired) electrons. The number of halogens is 2. The van der Waals surface area contributed by atoms with Crippen molar-refractivity contribution >= 4 is 46.3 Å².